The highest BCUT2D eigenvalue weighted by atomic mass is 79.9. The molecule has 13 heavy (non-hydrogen) atoms. The van der Waals surface area contributed by atoms with E-state index in [2.05, 4.69) is 22.2 Å². The summed E-state index contributed by atoms with van der Waals surface area (Å²) in [5.74, 6) is 0. The second kappa shape index (κ2) is 4.23. The lowest BCUT2D eigenvalue weighted by Gasteiger charge is -1.97. The summed E-state index contributed by atoms with van der Waals surface area (Å²) in [4.78, 5) is 4.25. The average molecular weight is 239 g/mol. The van der Waals surface area contributed by atoms with E-state index < -0.39 is 0 Å². The molecular weight excluding hydrogens is 228 g/mol. The molecule has 2 nitrogen and oxygen atoms in total. The second-order valence-corrected chi connectivity index (χ2v) is 2.67. The van der Waals surface area contributed by atoms with Crippen LogP contribution in [0.1, 0.15) is 0 Å². The van der Waals surface area contributed by atoms with Crippen LogP contribution >= 0.6 is 17.0 Å². The first-order valence-electron chi connectivity index (χ1n) is 3.92. The summed E-state index contributed by atoms with van der Waals surface area (Å²) < 4.78 is 2.07. The molecule has 0 bridgehead atoms. The summed E-state index contributed by atoms with van der Waals surface area (Å²) in [6.07, 6.45) is 3.71. The van der Waals surface area contributed by atoms with Crippen molar-refractivity contribution in [3.63, 3.8) is 0 Å². The van der Waals surface area contributed by atoms with E-state index in [0.717, 1.165) is 17.6 Å². The second-order valence-electron chi connectivity index (χ2n) is 2.67. The molecule has 0 saturated carbocycles. The van der Waals surface area contributed by atoms with Crippen LogP contribution in [0.3, 0.4) is 0 Å². The molecule has 1 aromatic heterocycles. The number of imidazole rings is 1. The normalized spacial score (nSPS) is 9.54. The maximum atomic E-state index is 4.25. The van der Waals surface area contributed by atoms with Gasteiger partial charge in [-0.1, -0.05) is 18.2 Å². The molecule has 2 rings (SSSR count). The van der Waals surface area contributed by atoms with Crippen LogP contribution in [0.4, 0.5) is 0 Å². The van der Waals surface area contributed by atoms with Crippen molar-refractivity contribution in [2.24, 2.45) is 0 Å². The highest BCUT2D eigenvalue weighted by Gasteiger charge is 1.97. The summed E-state index contributed by atoms with van der Waals surface area (Å²) in [6, 6.07) is 8.08. The number of allylic oxidation sites excluding steroid dienone is 1. The van der Waals surface area contributed by atoms with E-state index in [-0.39, 0.29) is 17.0 Å². The van der Waals surface area contributed by atoms with Crippen LogP contribution in [0.2, 0.25) is 0 Å². The Morgan fingerprint density at radius 3 is 2.92 bits per heavy atom. The number of fused-ring (bicyclic) bond motifs is 1. The molecule has 1 aromatic carbocycles. The summed E-state index contributed by atoms with van der Waals surface area (Å²) >= 11 is 0. The average Bonchev–Trinajstić information content (AvgIpc) is 2.50. The van der Waals surface area contributed by atoms with Gasteiger partial charge >= 0.3 is 0 Å². The van der Waals surface area contributed by atoms with E-state index >= 15 is 0 Å². The van der Waals surface area contributed by atoms with Gasteiger partial charge in [-0.3, -0.25) is 0 Å². The maximum Gasteiger partial charge on any atom is 0.0961 e. The molecule has 0 aliphatic rings. The van der Waals surface area contributed by atoms with Crippen molar-refractivity contribution in [2.45, 2.75) is 6.54 Å². The molecule has 2 aromatic rings. The number of para-hydroxylation sites is 2. The molecular formula is C10H11BrN2. The van der Waals surface area contributed by atoms with Crippen molar-refractivity contribution in [1.29, 1.82) is 0 Å². The number of hydrogen-bond acceptors (Lipinski definition) is 1. The van der Waals surface area contributed by atoms with Gasteiger partial charge in [0.2, 0.25) is 0 Å². The summed E-state index contributed by atoms with van der Waals surface area (Å²) in [6.45, 7) is 4.51. The van der Waals surface area contributed by atoms with Crippen molar-refractivity contribution >= 4 is 28.0 Å². The number of hydrogen-bond donors (Lipinski definition) is 0. The smallest absolute Gasteiger partial charge is 0.0961 e. The van der Waals surface area contributed by atoms with Gasteiger partial charge in [0, 0.05) is 6.54 Å². The molecule has 0 spiro atoms. The minimum Gasteiger partial charge on any atom is -0.327 e. The zero-order valence-corrected chi connectivity index (χ0v) is 8.89. The van der Waals surface area contributed by atoms with Crippen LogP contribution in [0.15, 0.2) is 43.2 Å². The van der Waals surface area contributed by atoms with Crippen molar-refractivity contribution in [1.82, 2.24) is 9.55 Å². The van der Waals surface area contributed by atoms with E-state index in [1.807, 2.05) is 30.6 Å². The van der Waals surface area contributed by atoms with Gasteiger partial charge in [-0.2, -0.15) is 0 Å². The Balaban J connectivity index is 0.000000845. The summed E-state index contributed by atoms with van der Waals surface area (Å²) in [5, 5.41) is 0. The lowest BCUT2D eigenvalue weighted by atomic mass is 10.3. The van der Waals surface area contributed by atoms with Crippen molar-refractivity contribution in [3.05, 3.63) is 43.2 Å². The molecule has 0 saturated heterocycles. The van der Waals surface area contributed by atoms with Crippen molar-refractivity contribution in [3.8, 4) is 0 Å². The fourth-order valence-electron chi connectivity index (χ4n) is 1.29. The molecule has 0 amide bonds. The topological polar surface area (TPSA) is 17.8 Å². The van der Waals surface area contributed by atoms with E-state index in [9.17, 15) is 0 Å². The lowest BCUT2D eigenvalue weighted by molar-refractivity contribution is 0.851. The first kappa shape index (κ1) is 9.99. The van der Waals surface area contributed by atoms with Gasteiger partial charge in [0.05, 0.1) is 17.4 Å². The van der Waals surface area contributed by atoms with Gasteiger partial charge in [0.1, 0.15) is 0 Å². The van der Waals surface area contributed by atoms with Crippen LogP contribution in [-0.2, 0) is 6.54 Å². The largest absolute Gasteiger partial charge is 0.327 e. The summed E-state index contributed by atoms with van der Waals surface area (Å²) in [5.41, 5.74) is 2.21. The van der Waals surface area contributed by atoms with E-state index in [0.29, 0.717) is 0 Å². The number of halogens is 1. The Morgan fingerprint density at radius 2 is 2.15 bits per heavy atom. The molecule has 0 atom stereocenters. The SMILES string of the molecule is Br.C=CCn1cnc2ccccc21. The Kier molecular flexibility index (Phi) is 3.25. The van der Waals surface area contributed by atoms with Gasteiger partial charge in [0.25, 0.3) is 0 Å². The Bertz CT molecular complexity index is 406. The van der Waals surface area contributed by atoms with Gasteiger partial charge in [-0.05, 0) is 12.1 Å². The third kappa shape index (κ3) is 1.80. The zero-order chi connectivity index (χ0) is 8.39. The quantitative estimate of drug-likeness (QED) is 0.737. The molecule has 0 aliphatic heterocycles. The highest BCUT2D eigenvalue weighted by molar-refractivity contribution is 8.93. The fraction of sp³-hybridized carbons (Fsp3) is 0.100. The minimum absolute atomic E-state index is 0. The van der Waals surface area contributed by atoms with E-state index in [1.165, 1.54) is 0 Å². The van der Waals surface area contributed by atoms with Gasteiger partial charge in [-0.25, -0.2) is 4.98 Å². The zero-order valence-electron chi connectivity index (χ0n) is 7.18. The fourth-order valence-corrected chi connectivity index (χ4v) is 1.29. The van der Waals surface area contributed by atoms with Crippen LogP contribution in [0.5, 0.6) is 0 Å². The Hall–Kier alpha value is -1.09. The van der Waals surface area contributed by atoms with Gasteiger partial charge in [-0.15, -0.1) is 23.6 Å². The van der Waals surface area contributed by atoms with Gasteiger partial charge < -0.3 is 4.57 Å². The third-order valence-corrected chi connectivity index (χ3v) is 1.85. The number of benzene rings is 1. The van der Waals surface area contributed by atoms with Crippen molar-refractivity contribution in [2.75, 3.05) is 0 Å². The molecule has 0 unspecified atom stereocenters. The molecule has 1 heterocycles. The first-order valence-corrected chi connectivity index (χ1v) is 3.92. The molecule has 3 heteroatoms. The van der Waals surface area contributed by atoms with Gasteiger partial charge in [0.15, 0.2) is 0 Å². The molecule has 0 fully saturated rings. The van der Waals surface area contributed by atoms with Crippen molar-refractivity contribution < 1.29 is 0 Å². The molecule has 68 valence electrons. The summed E-state index contributed by atoms with van der Waals surface area (Å²) in [7, 11) is 0. The Morgan fingerprint density at radius 1 is 1.38 bits per heavy atom. The van der Waals surface area contributed by atoms with E-state index in [4.69, 9.17) is 0 Å². The predicted octanol–water partition coefficient (Wildman–Crippen LogP) is 2.80. The predicted molar refractivity (Wildman–Crippen MR) is 60.3 cm³/mol. The Labute approximate surface area is 87.7 Å². The third-order valence-electron chi connectivity index (χ3n) is 1.85. The van der Waals surface area contributed by atoms with Crippen LogP contribution in [0.25, 0.3) is 11.0 Å². The van der Waals surface area contributed by atoms with E-state index in [1.54, 1.807) is 0 Å². The monoisotopic (exact) mass is 238 g/mol. The maximum absolute atomic E-state index is 4.25. The standard InChI is InChI=1S/C10H10N2.BrH/c1-2-7-12-8-11-9-5-3-4-6-10(9)12;/h2-6,8H,1,7H2;1H. The molecule has 0 N–H and O–H groups in total. The number of nitrogens with zero attached hydrogens (tertiary/aromatic N) is 2. The number of aromatic nitrogens is 2. The van der Waals surface area contributed by atoms with Crippen LogP contribution < -0.4 is 0 Å². The highest BCUT2D eigenvalue weighted by Crippen LogP contribution is 2.10. The first-order chi connectivity index (χ1) is 5.92. The minimum atomic E-state index is 0. The van der Waals surface area contributed by atoms with Crippen LogP contribution in [0, 0.1) is 0 Å². The molecule has 0 radical (unpaired) electrons. The van der Waals surface area contributed by atoms with Crippen LogP contribution in [-0.4, -0.2) is 9.55 Å². The molecule has 0 aliphatic carbocycles. The lowest BCUT2D eigenvalue weighted by Crippen LogP contribution is -1.90. The number of rotatable bonds is 2.